The van der Waals surface area contributed by atoms with Crippen molar-refractivity contribution in [3.05, 3.63) is 40.9 Å². The molecule has 1 aromatic heterocycles. The van der Waals surface area contributed by atoms with E-state index in [2.05, 4.69) is 36.1 Å². The first kappa shape index (κ1) is 12.6. The minimum atomic E-state index is 0.607. The maximum atomic E-state index is 5.86. The second kappa shape index (κ2) is 5.31. The summed E-state index contributed by atoms with van der Waals surface area (Å²) < 4.78 is 0. The summed E-state index contributed by atoms with van der Waals surface area (Å²) in [7, 11) is 0. The zero-order valence-electron chi connectivity index (χ0n) is 11.2. The van der Waals surface area contributed by atoms with Gasteiger partial charge in [0, 0.05) is 29.6 Å². The van der Waals surface area contributed by atoms with Gasteiger partial charge in [-0.05, 0) is 31.9 Å². The standard InChI is InChI=1S/C15H19N3S/c1-2-18(12-6-4-3-5-7-12)15-17-14(11-8-9-11)13(10-16)19-15/h3-7,11H,2,8-10,16H2,1H3. The number of hydrogen-bond acceptors (Lipinski definition) is 4. The lowest BCUT2D eigenvalue weighted by Crippen LogP contribution is -2.15. The van der Waals surface area contributed by atoms with Crippen LogP contribution in [0.15, 0.2) is 30.3 Å². The Morgan fingerprint density at radius 2 is 2.05 bits per heavy atom. The molecule has 1 heterocycles. The third-order valence-corrected chi connectivity index (χ3v) is 4.60. The molecule has 3 rings (SSSR count). The summed E-state index contributed by atoms with van der Waals surface area (Å²) in [4.78, 5) is 8.37. The summed E-state index contributed by atoms with van der Waals surface area (Å²) in [6.07, 6.45) is 2.54. The third kappa shape index (κ3) is 2.51. The Bertz CT molecular complexity index is 546. The summed E-state index contributed by atoms with van der Waals surface area (Å²) in [5, 5.41) is 1.08. The molecule has 0 atom stereocenters. The van der Waals surface area contributed by atoms with Crippen molar-refractivity contribution in [2.45, 2.75) is 32.2 Å². The largest absolute Gasteiger partial charge is 0.326 e. The molecule has 0 radical (unpaired) electrons. The highest BCUT2D eigenvalue weighted by atomic mass is 32.1. The molecule has 0 saturated heterocycles. The van der Waals surface area contributed by atoms with E-state index in [9.17, 15) is 0 Å². The van der Waals surface area contributed by atoms with Crippen LogP contribution in [0.1, 0.15) is 36.3 Å². The summed E-state index contributed by atoms with van der Waals surface area (Å²) in [5.74, 6) is 0.665. The molecule has 1 aliphatic carbocycles. The lowest BCUT2D eigenvalue weighted by Gasteiger charge is -2.19. The lowest BCUT2D eigenvalue weighted by atomic mass is 10.2. The molecule has 0 bridgehead atoms. The lowest BCUT2D eigenvalue weighted by molar-refractivity contribution is 0.953. The van der Waals surface area contributed by atoms with E-state index in [0.717, 1.165) is 11.7 Å². The Hall–Kier alpha value is -1.39. The molecule has 0 spiro atoms. The zero-order valence-corrected chi connectivity index (χ0v) is 12.0. The van der Waals surface area contributed by atoms with Gasteiger partial charge in [-0.1, -0.05) is 29.5 Å². The van der Waals surface area contributed by atoms with E-state index in [4.69, 9.17) is 10.7 Å². The van der Waals surface area contributed by atoms with Gasteiger partial charge in [-0.25, -0.2) is 4.98 Å². The van der Waals surface area contributed by atoms with Gasteiger partial charge in [-0.3, -0.25) is 0 Å². The molecule has 3 nitrogen and oxygen atoms in total. The minimum absolute atomic E-state index is 0.607. The molecule has 0 aliphatic heterocycles. The number of nitrogens with two attached hydrogens (primary N) is 1. The van der Waals surface area contributed by atoms with E-state index in [0.29, 0.717) is 12.5 Å². The Kier molecular flexibility index (Phi) is 3.53. The van der Waals surface area contributed by atoms with Gasteiger partial charge in [0.25, 0.3) is 0 Å². The Morgan fingerprint density at radius 3 is 2.63 bits per heavy atom. The van der Waals surface area contributed by atoms with Crippen LogP contribution in [0, 0.1) is 0 Å². The number of para-hydroxylation sites is 1. The molecule has 19 heavy (non-hydrogen) atoms. The summed E-state index contributed by atoms with van der Waals surface area (Å²) in [6.45, 7) is 3.69. The van der Waals surface area contributed by atoms with E-state index in [1.165, 1.54) is 29.1 Å². The van der Waals surface area contributed by atoms with Crippen LogP contribution >= 0.6 is 11.3 Å². The average Bonchev–Trinajstić information content (AvgIpc) is 3.22. The number of nitrogens with zero attached hydrogens (tertiary/aromatic N) is 2. The first-order valence-electron chi connectivity index (χ1n) is 6.85. The van der Waals surface area contributed by atoms with E-state index in [1.807, 2.05) is 6.07 Å². The maximum Gasteiger partial charge on any atom is 0.190 e. The van der Waals surface area contributed by atoms with Gasteiger partial charge >= 0.3 is 0 Å². The van der Waals surface area contributed by atoms with Crippen molar-refractivity contribution < 1.29 is 0 Å². The fraction of sp³-hybridized carbons (Fsp3) is 0.400. The topological polar surface area (TPSA) is 42.2 Å². The molecule has 100 valence electrons. The van der Waals surface area contributed by atoms with Crippen molar-refractivity contribution in [1.82, 2.24) is 4.98 Å². The van der Waals surface area contributed by atoms with Gasteiger partial charge in [0.15, 0.2) is 5.13 Å². The maximum absolute atomic E-state index is 5.86. The van der Waals surface area contributed by atoms with Crippen LogP contribution in [0.25, 0.3) is 0 Å². The summed E-state index contributed by atoms with van der Waals surface area (Å²) >= 11 is 1.75. The molecule has 1 fully saturated rings. The SMILES string of the molecule is CCN(c1ccccc1)c1nc(C2CC2)c(CN)s1. The van der Waals surface area contributed by atoms with Crippen LogP contribution in [0.5, 0.6) is 0 Å². The van der Waals surface area contributed by atoms with Gasteiger partial charge in [0.05, 0.1) is 5.69 Å². The highest BCUT2D eigenvalue weighted by molar-refractivity contribution is 7.15. The number of hydrogen-bond donors (Lipinski definition) is 1. The van der Waals surface area contributed by atoms with E-state index < -0.39 is 0 Å². The van der Waals surface area contributed by atoms with Crippen LogP contribution in [0.3, 0.4) is 0 Å². The van der Waals surface area contributed by atoms with Crippen molar-refractivity contribution in [2.75, 3.05) is 11.4 Å². The van der Waals surface area contributed by atoms with Crippen LogP contribution in [0.2, 0.25) is 0 Å². The normalized spacial score (nSPS) is 14.6. The number of thiazole rings is 1. The monoisotopic (exact) mass is 273 g/mol. The molecule has 1 aliphatic rings. The zero-order chi connectivity index (χ0) is 13.2. The average molecular weight is 273 g/mol. The first-order chi connectivity index (χ1) is 9.33. The van der Waals surface area contributed by atoms with Gasteiger partial charge < -0.3 is 10.6 Å². The Balaban J connectivity index is 1.95. The van der Waals surface area contributed by atoms with Crippen LogP contribution < -0.4 is 10.6 Å². The van der Waals surface area contributed by atoms with Crippen molar-refractivity contribution in [2.24, 2.45) is 5.73 Å². The van der Waals surface area contributed by atoms with Crippen LogP contribution in [-0.4, -0.2) is 11.5 Å². The van der Waals surface area contributed by atoms with Gasteiger partial charge in [-0.2, -0.15) is 0 Å². The molecular weight excluding hydrogens is 254 g/mol. The van der Waals surface area contributed by atoms with Crippen LogP contribution in [0.4, 0.5) is 10.8 Å². The molecule has 0 amide bonds. The minimum Gasteiger partial charge on any atom is -0.326 e. The van der Waals surface area contributed by atoms with E-state index >= 15 is 0 Å². The molecule has 2 aromatic rings. The number of rotatable bonds is 5. The van der Waals surface area contributed by atoms with E-state index in [-0.39, 0.29) is 0 Å². The number of anilines is 2. The predicted molar refractivity (Wildman–Crippen MR) is 81.1 cm³/mol. The first-order valence-corrected chi connectivity index (χ1v) is 7.67. The molecule has 0 unspecified atom stereocenters. The quantitative estimate of drug-likeness (QED) is 0.904. The van der Waals surface area contributed by atoms with Crippen molar-refractivity contribution in [3.63, 3.8) is 0 Å². The van der Waals surface area contributed by atoms with Crippen molar-refractivity contribution in [1.29, 1.82) is 0 Å². The second-order valence-corrected chi connectivity index (χ2v) is 5.93. The number of benzene rings is 1. The highest BCUT2D eigenvalue weighted by Gasteiger charge is 2.30. The molecule has 1 saturated carbocycles. The molecule has 1 aromatic carbocycles. The van der Waals surface area contributed by atoms with Gasteiger partial charge in [0.1, 0.15) is 0 Å². The van der Waals surface area contributed by atoms with Crippen molar-refractivity contribution >= 4 is 22.2 Å². The fourth-order valence-electron chi connectivity index (χ4n) is 2.32. The Labute approximate surface area is 118 Å². The van der Waals surface area contributed by atoms with Gasteiger partial charge in [-0.15, -0.1) is 0 Å². The smallest absolute Gasteiger partial charge is 0.190 e. The highest BCUT2D eigenvalue weighted by Crippen LogP contribution is 2.44. The molecule has 2 N–H and O–H groups in total. The second-order valence-electron chi connectivity index (χ2n) is 4.86. The molecule has 4 heteroatoms. The third-order valence-electron chi connectivity index (χ3n) is 3.48. The Morgan fingerprint density at radius 1 is 1.32 bits per heavy atom. The molecular formula is C15H19N3S. The predicted octanol–water partition coefficient (Wildman–Crippen LogP) is 3.64. The van der Waals surface area contributed by atoms with Crippen molar-refractivity contribution in [3.8, 4) is 0 Å². The summed E-state index contributed by atoms with van der Waals surface area (Å²) in [6, 6.07) is 10.4. The fourth-order valence-corrected chi connectivity index (χ4v) is 3.43. The van der Waals surface area contributed by atoms with E-state index in [1.54, 1.807) is 11.3 Å². The van der Waals surface area contributed by atoms with Gasteiger partial charge in [0.2, 0.25) is 0 Å². The van der Waals surface area contributed by atoms with Crippen LogP contribution in [-0.2, 0) is 6.54 Å². The summed E-state index contributed by atoms with van der Waals surface area (Å²) in [5.41, 5.74) is 8.31. The number of aromatic nitrogens is 1.